The number of hydrogen-bond acceptors (Lipinski definition) is 3. The summed E-state index contributed by atoms with van der Waals surface area (Å²) in [7, 11) is 2.19. The minimum absolute atomic E-state index is 0.0106. The molecule has 5 aliphatic carbocycles. The number of nitrogens with zero attached hydrogens (tertiary/aromatic N) is 2. The van der Waals surface area contributed by atoms with Crippen molar-refractivity contribution in [2.75, 3.05) is 33.2 Å². The van der Waals surface area contributed by atoms with Gasteiger partial charge in [-0.3, -0.25) is 4.79 Å². The van der Waals surface area contributed by atoms with E-state index in [9.17, 15) is 9.90 Å². The summed E-state index contributed by atoms with van der Waals surface area (Å²) in [5.74, 6) is 2.12. The molecule has 0 aromatic carbocycles. The number of aliphatic hydroxyl groups excluding tert-OH is 1. The van der Waals surface area contributed by atoms with Crippen LogP contribution in [0.1, 0.15) is 113 Å². The topological polar surface area (TPSA) is 43.8 Å². The smallest absolute Gasteiger partial charge is 0.229 e. The number of rotatable bonds is 1. The summed E-state index contributed by atoms with van der Waals surface area (Å²) in [4.78, 5) is 19.2. The highest BCUT2D eigenvalue weighted by molar-refractivity contribution is 5.84. The lowest BCUT2D eigenvalue weighted by Crippen LogP contribution is -2.66. The Morgan fingerprint density at radius 1 is 0.846 bits per heavy atom. The summed E-state index contributed by atoms with van der Waals surface area (Å²) in [6.45, 7) is 21.3. The fraction of sp³-hybridized carbons (Fsp3) is 0.914. The zero-order valence-corrected chi connectivity index (χ0v) is 26.5. The maximum atomic E-state index is 14.6. The van der Waals surface area contributed by atoms with Gasteiger partial charge in [-0.25, -0.2) is 0 Å². The second-order valence-electron chi connectivity index (χ2n) is 17.3. The fourth-order valence-electron chi connectivity index (χ4n) is 11.9. The third-order valence-corrected chi connectivity index (χ3v) is 14.8. The summed E-state index contributed by atoms with van der Waals surface area (Å²) in [5.41, 5.74) is 2.46. The minimum atomic E-state index is -0.196. The highest BCUT2D eigenvalue weighted by atomic mass is 16.3. The van der Waals surface area contributed by atoms with E-state index in [0.29, 0.717) is 29.1 Å². The average molecular weight is 539 g/mol. The maximum absolute atomic E-state index is 14.6. The van der Waals surface area contributed by atoms with Crippen LogP contribution in [-0.4, -0.2) is 60.1 Å². The van der Waals surface area contributed by atoms with Gasteiger partial charge in [-0.1, -0.05) is 60.1 Å². The second kappa shape index (κ2) is 8.82. The van der Waals surface area contributed by atoms with Gasteiger partial charge in [0.15, 0.2) is 0 Å². The van der Waals surface area contributed by atoms with Crippen molar-refractivity contribution in [3.63, 3.8) is 0 Å². The number of carbonyl (C=O) groups is 1. The Bertz CT molecular complexity index is 1040. The lowest BCUT2D eigenvalue weighted by molar-refractivity contribution is -0.204. The van der Waals surface area contributed by atoms with Crippen LogP contribution in [0.2, 0.25) is 0 Å². The normalized spacial score (nSPS) is 49.2. The van der Waals surface area contributed by atoms with Gasteiger partial charge in [0, 0.05) is 26.2 Å². The Morgan fingerprint density at radius 3 is 2.21 bits per heavy atom. The zero-order chi connectivity index (χ0) is 28.2. The van der Waals surface area contributed by atoms with E-state index in [1.54, 1.807) is 5.57 Å². The number of aliphatic hydroxyl groups is 1. The van der Waals surface area contributed by atoms with E-state index >= 15 is 0 Å². The first-order chi connectivity index (χ1) is 18.1. The van der Waals surface area contributed by atoms with Gasteiger partial charge in [-0.15, -0.1) is 0 Å². The molecule has 220 valence electrons. The molecule has 39 heavy (non-hydrogen) atoms. The van der Waals surface area contributed by atoms with E-state index in [0.717, 1.165) is 71.1 Å². The Balaban J connectivity index is 1.40. The van der Waals surface area contributed by atoms with Gasteiger partial charge in [0.1, 0.15) is 0 Å². The Labute approximate surface area is 239 Å². The van der Waals surface area contributed by atoms with E-state index in [1.165, 1.54) is 19.3 Å². The number of likely N-dealkylation sites (N-methyl/N-ethyl adjacent to an activating group) is 1. The van der Waals surface area contributed by atoms with Crippen molar-refractivity contribution < 1.29 is 9.90 Å². The van der Waals surface area contributed by atoms with Gasteiger partial charge in [0.25, 0.3) is 0 Å². The highest BCUT2D eigenvalue weighted by Crippen LogP contribution is 2.75. The van der Waals surface area contributed by atoms with Crippen LogP contribution in [-0.2, 0) is 4.79 Å². The van der Waals surface area contributed by atoms with Crippen molar-refractivity contribution in [1.82, 2.24) is 9.80 Å². The molecule has 1 saturated heterocycles. The van der Waals surface area contributed by atoms with Crippen LogP contribution in [0, 0.1) is 50.2 Å². The van der Waals surface area contributed by atoms with Crippen molar-refractivity contribution >= 4 is 5.91 Å². The molecule has 1 amide bonds. The summed E-state index contributed by atoms with van der Waals surface area (Å²) in [5, 5.41) is 11.0. The van der Waals surface area contributed by atoms with E-state index in [-0.39, 0.29) is 33.2 Å². The molecule has 0 bridgehead atoms. The molecule has 0 spiro atoms. The number of allylic oxidation sites excluding steroid dienone is 2. The largest absolute Gasteiger partial charge is 0.393 e. The SMILES string of the molecule is CN1CCN(C(=O)[C@]23CCC(C)(C)CC2C2=CCC4[C@@]5(C)CC[C@H](O)C(C)(C)C5CC[C@@]4(C)[C@]2(C)CC3)CC1. The molecule has 3 unspecified atom stereocenters. The van der Waals surface area contributed by atoms with Crippen LogP contribution in [0.3, 0.4) is 0 Å². The summed E-state index contributed by atoms with van der Waals surface area (Å²) < 4.78 is 0. The average Bonchev–Trinajstić information content (AvgIpc) is 2.87. The van der Waals surface area contributed by atoms with E-state index in [4.69, 9.17) is 0 Å². The Morgan fingerprint density at radius 2 is 1.51 bits per heavy atom. The third kappa shape index (κ3) is 3.78. The quantitative estimate of drug-likeness (QED) is 0.369. The number of hydrogen-bond donors (Lipinski definition) is 1. The molecule has 4 saturated carbocycles. The molecular formula is C35H58N2O2. The molecule has 0 radical (unpaired) electrons. The van der Waals surface area contributed by atoms with Gasteiger partial charge < -0.3 is 14.9 Å². The fourth-order valence-corrected chi connectivity index (χ4v) is 11.9. The first kappa shape index (κ1) is 28.3. The van der Waals surface area contributed by atoms with E-state index < -0.39 is 0 Å². The van der Waals surface area contributed by atoms with Crippen LogP contribution in [0.4, 0.5) is 0 Å². The number of fused-ring (bicyclic) bond motifs is 7. The van der Waals surface area contributed by atoms with Crippen LogP contribution >= 0.6 is 0 Å². The first-order valence-electron chi connectivity index (χ1n) is 16.5. The molecule has 1 heterocycles. The maximum Gasteiger partial charge on any atom is 0.229 e. The van der Waals surface area contributed by atoms with Crippen LogP contribution < -0.4 is 0 Å². The molecular weight excluding hydrogens is 480 g/mol. The standard InChI is InChI=1S/C35H58N2O2/c1-30(2)15-17-35(29(39)37-21-19-36(8)20-22-37)18-16-33(6)24(25(35)23-30)9-10-27-32(5)13-12-28(38)31(3,4)26(32)11-14-34(27,33)7/h9,25-28,38H,10-23H2,1-8H3/t25?,26?,27?,28-,32-,33+,34+,35-/m0/s1. The van der Waals surface area contributed by atoms with Crippen molar-refractivity contribution in [2.24, 2.45) is 50.2 Å². The number of piperazine rings is 1. The molecule has 5 fully saturated rings. The molecule has 6 aliphatic rings. The molecule has 4 heteroatoms. The molecule has 1 aliphatic heterocycles. The van der Waals surface area contributed by atoms with E-state index in [1.807, 2.05) is 0 Å². The third-order valence-electron chi connectivity index (χ3n) is 14.8. The summed E-state index contributed by atoms with van der Waals surface area (Å²) in [6.07, 6.45) is 13.9. The monoisotopic (exact) mass is 538 g/mol. The van der Waals surface area contributed by atoms with Crippen molar-refractivity contribution in [3.05, 3.63) is 11.6 Å². The van der Waals surface area contributed by atoms with Crippen molar-refractivity contribution in [3.8, 4) is 0 Å². The first-order valence-corrected chi connectivity index (χ1v) is 16.5. The summed E-state index contributed by atoms with van der Waals surface area (Å²) >= 11 is 0. The van der Waals surface area contributed by atoms with Gasteiger partial charge in [0.05, 0.1) is 11.5 Å². The van der Waals surface area contributed by atoms with Gasteiger partial charge >= 0.3 is 0 Å². The molecule has 0 aromatic heterocycles. The van der Waals surface area contributed by atoms with Crippen molar-refractivity contribution in [2.45, 2.75) is 119 Å². The molecule has 4 nitrogen and oxygen atoms in total. The number of amides is 1. The minimum Gasteiger partial charge on any atom is -0.393 e. The Kier molecular flexibility index (Phi) is 6.39. The second-order valence-corrected chi connectivity index (χ2v) is 17.3. The lowest BCUT2D eigenvalue weighted by atomic mass is 9.33. The number of carbonyl (C=O) groups excluding carboxylic acids is 1. The highest BCUT2D eigenvalue weighted by Gasteiger charge is 2.69. The molecule has 0 aromatic rings. The molecule has 8 atom stereocenters. The van der Waals surface area contributed by atoms with Crippen LogP contribution in [0.25, 0.3) is 0 Å². The van der Waals surface area contributed by atoms with E-state index in [2.05, 4.69) is 71.4 Å². The Hall–Kier alpha value is -0.870. The molecule has 1 N–H and O–H groups in total. The lowest BCUT2D eigenvalue weighted by Gasteiger charge is -2.71. The summed E-state index contributed by atoms with van der Waals surface area (Å²) in [6, 6.07) is 0. The van der Waals surface area contributed by atoms with Crippen molar-refractivity contribution in [1.29, 1.82) is 0 Å². The van der Waals surface area contributed by atoms with Gasteiger partial charge in [-0.2, -0.15) is 0 Å². The predicted molar refractivity (Wildman–Crippen MR) is 159 cm³/mol. The zero-order valence-electron chi connectivity index (χ0n) is 26.5. The van der Waals surface area contributed by atoms with Crippen LogP contribution in [0.5, 0.6) is 0 Å². The van der Waals surface area contributed by atoms with Gasteiger partial charge in [-0.05, 0) is 116 Å². The molecule has 6 rings (SSSR count). The predicted octanol–water partition coefficient (Wildman–Crippen LogP) is 6.92. The van der Waals surface area contributed by atoms with Gasteiger partial charge in [0.2, 0.25) is 5.91 Å². The van der Waals surface area contributed by atoms with Crippen LogP contribution in [0.15, 0.2) is 11.6 Å².